The second-order valence-electron chi connectivity index (χ2n) is 8.35. The lowest BCUT2D eigenvalue weighted by Gasteiger charge is -2.38. The van der Waals surface area contributed by atoms with Crippen molar-refractivity contribution in [1.29, 1.82) is 0 Å². The second-order valence-corrected chi connectivity index (χ2v) is 11.1. The van der Waals surface area contributed by atoms with Gasteiger partial charge < -0.3 is 10.0 Å². The number of carbonyl (C=O) groups is 1. The van der Waals surface area contributed by atoms with Crippen LogP contribution < -0.4 is 4.90 Å². The molecule has 178 valence electrons. The normalized spacial score (nSPS) is 18.9. The molecule has 2 aromatic rings. The van der Waals surface area contributed by atoms with Crippen LogP contribution in [0.2, 0.25) is 0 Å². The third-order valence-electron chi connectivity index (χ3n) is 6.30. The quantitative estimate of drug-likeness (QED) is 0.630. The van der Waals surface area contributed by atoms with Crippen molar-refractivity contribution in [3.8, 4) is 0 Å². The lowest BCUT2D eigenvalue weighted by atomic mass is 9.84. The van der Waals surface area contributed by atoms with Crippen LogP contribution in [-0.4, -0.2) is 43.4 Å². The first-order valence-corrected chi connectivity index (χ1v) is 12.6. The molecule has 1 fully saturated rings. The van der Waals surface area contributed by atoms with E-state index in [-0.39, 0.29) is 42.3 Å². The largest absolute Gasteiger partial charge is 0.416 e. The molecule has 0 bridgehead atoms. The molecule has 1 N–H and O–H groups in total. The number of hydrogen-bond acceptors (Lipinski definition) is 4. The van der Waals surface area contributed by atoms with Crippen LogP contribution in [0.1, 0.15) is 36.5 Å². The van der Waals surface area contributed by atoms with Crippen molar-refractivity contribution in [2.75, 3.05) is 24.5 Å². The Morgan fingerprint density at radius 1 is 1.12 bits per heavy atom. The van der Waals surface area contributed by atoms with Gasteiger partial charge in [-0.1, -0.05) is 12.1 Å². The minimum absolute atomic E-state index is 0.0129. The molecule has 0 spiro atoms. The first kappa shape index (κ1) is 24.2. The molecule has 4 rings (SSSR count). The van der Waals surface area contributed by atoms with Crippen molar-refractivity contribution in [3.05, 3.63) is 57.6 Å². The van der Waals surface area contributed by atoms with Crippen LogP contribution in [0.15, 0.2) is 45.8 Å². The summed E-state index contributed by atoms with van der Waals surface area (Å²) >= 11 is 3.33. The Morgan fingerprint density at radius 3 is 2.39 bits per heavy atom. The topological polar surface area (TPSA) is 77.9 Å². The minimum Gasteiger partial charge on any atom is -0.385 e. The van der Waals surface area contributed by atoms with Crippen molar-refractivity contribution in [2.24, 2.45) is 0 Å². The zero-order valence-corrected chi connectivity index (χ0v) is 20.1. The lowest BCUT2D eigenvalue weighted by molar-refractivity contribution is -0.137. The van der Waals surface area contributed by atoms with Gasteiger partial charge in [-0.3, -0.25) is 4.79 Å². The van der Waals surface area contributed by atoms with Gasteiger partial charge in [0, 0.05) is 36.7 Å². The fourth-order valence-corrected chi connectivity index (χ4v) is 6.93. The molecule has 2 aliphatic heterocycles. The molecule has 2 aliphatic rings. The van der Waals surface area contributed by atoms with E-state index in [0.29, 0.717) is 23.1 Å². The number of rotatable bonds is 3. The number of amides is 1. The van der Waals surface area contributed by atoms with Gasteiger partial charge in [0.2, 0.25) is 15.9 Å². The number of sulfonamides is 1. The predicted molar refractivity (Wildman–Crippen MR) is 119 cm³/mol. The average Bonchev–Trinajstić information content (AvgIpc) is 3.16. The Morgan fingerprint density at radius 2 is 1.79 bits per heavy atom. The molecule has 1 amide bonds. The molecule has 0 aromatic heterocycles. The van der Waals surface area contributed by atoms with E-state index in [9.17, 15) is 31.5 Å². The average molecular weight is 547 g/mol. The summed E-state index contributed by atoms with van der Waals surface area (Å²) in [6, 6.07) is 7.69. The maximum absolute atomic E-state index is 13.4. The van der Waals surface area contributed by atoms with E-state index in [0.717, 1.165) is 17.7 Å². The number of aliphatic hydroxyl groups is 1. The zero-order valence-electron chi connectivity index (χ0n) is 17.7. The molecule has 33 heavy (non-hydrogen) atoms. The summed E-state index contributed by atoms with van der Waals surface area (Å²) in [6.45, 7) is 1.78. The van der Waals surface area contributed by atoms with Crippen LogP contribution in [0.25, 0.3) is 0 Å². The van der Waals surface area contributed by atoms with Gasteiger partial charge in [-0.2, -0.15) is 17.5 Å². The summed E-state index contributed by atoms with van der Waals surface area (Å²) in [6.07, 6.45) is -4.00. The Hall–Kier alpha value is -1.95. The first-order valence-electron chi connectivity index (χ1n) is 10.3. The smallest absolute Gasteiger partial charge is 0.385 e. The molecule has 0 unspecified atom stereocenters. The Labute approximate surface area is 198 Å². The molecule has 0 saturated carbocycles. The van der Waals surface area contributed by atoms with Crippen molar-refractivity contribution >= 4 is 37.5 Å². The van der Waals surface area contributed by atoms with E-state index in [2.05, 4.69) is 15.9 Å². The van der Waals surface area contributed by atoms with Crippen molar-refractivity contribution in [3.63, 3.8) is 0 Å². The third-order valence-corrected chi connectivity index (χ3v) is 9.16. The van der Waals surface area contributed by atoms with Crippen LogP contribution in [0, 0.1) is 0 Å². The zero-order chi connectivity index (χ0) is 24.2. The molecular formula is C22H22BrF3N2O4S. The van der Waals surface area contributed by atoms with E-state index in [1.165, 1.54) is 34.3 Å². The standard InChI is InChI=1S/C22H22BrF3N2O4S/c1-14(29)28-8-5-15-11-18(23)20(13-19(15)28)33(31,32)27-9-6-21(30,7-10-27)16-3-2-4-17(12-16)22(24,25)26/h2-4,11-13,30H,5-10H2,1H3. The molecule has 6 nitrogen and oxygen atoms in total. The number of nitrogens with zero attached hydrogens (tertiary/aromatic N) is 2. The van der Waals surface area contributed by atoms with Crippen LogP contribution in [0.3, 0.4) is 0 Å². The molecular weight excluding hydrogens is 525 g/mol. The fourth-order valence-electron chi connectivity index (χ4n) is 4.42. The van der Waals surface area contributed by atoms with Crippen LogP contribution >= 0.6 is 15.9 Å². The van der Waals surface area contributed by atoms with Crippen LogP contribution in [0.5, 0.6) is 0 Å². The highest BCUT2D eigenvalue weighted by molar-refractivity contribution is 9.10. The van der Waals surface area contributed by atoms with Gasteiger partial charge in [0.1, 0.15) is 0 Å². The van der Waals surface area contributed by atoms with E-state index < -0.39 is 27.4 Å². The molecule has 0 aliphatic carbocycles. The fraction of sp³-hybridized carbons (Fsp3) is 0.409. The highest BCUT2D eigenvalue weighted by atomic mass is 79.9. The number of piperidine rings is 1. The van der Waals surface area contributed by atoms with E-state index in [1.807, 2.05) is 0 Å². The number of alkyl halides is 3. The predicted octanol–water partition coefficient (Wildman–Crippen LogP) is 4.05. The van der Waals surface area contributed by atoms with Gasteiger partial charge in [-0.05, 0) is 70.6 Å². The summed E-state index contributed by atoms with van der Waals surface area (Å²) in [4.78, 5) is 13.4. The summed E-state index contributed by atoms with van der Waals surface area (Å²) in [5.41, 5.74) is -0.880. The summed E-state index contributed by atoms with van der Waals surface area (Å²) in [7, 11) is -3.97. The number of fused-ring (bicyclic) bond motifs is 1. The number of anilines is 1. The van der Waals surface area contributed by atoms with Crippen LogP contribution in [-0.2, 0) is 33.0 Å². The number of carbonyl (C=O) groups excluding carboxylic acids is 1. The molecule has 0 radical (unpaired) electrons. The van der Waals surface area contributed by atoms with Gasteiger partial charge in [-0.15, -0.1) is 0 Å². The summed E-state index contributed by atoms with van der Waals surface area (Å²) < 4.78 is 67.6. The Balaban J connectivity index is 1.58. The van der Waals surface area contributed by atoms with Crippen molar-refractivity contribution < 1.29 is 31.5 Å². The second kappa shape index (κ2) is 8.37. The number of benzene rings is 2. The third kappa shape index (κ3) is 4.43. The van der Waals surface area contributed by atoms with E-state index in [4.69, 9.17) is 0 Å². The van der Waals surface area contributed by atoms with Gasteiger partial charge in [0.05, 0.1) is 16.1 Å². The Kier molecular flexibility index (Phi) is 6.13. The monoisotopic (exact) mass is 546 g/mol. The van der Waals surface area contributed by atoms with Crippen molar-refractivity contribution in [2.45, 2.75) is 42.9 Å². The molecule has 2 aromatic carbocycles. The van der Waals surface area contributed by atoms with Gasteiger partial charge in [-0.25, -0.2) is 8.42 Å². The molecule has 1 saturated heterocycles. The maximum Gasteiger partial charge on any atom is 0.416 e. The van der Waals surface area contributed by atoms with Gasteiger partial charge >= 0.3 is 6.18 Å². The first-order chi connectivity index (χ1) is 15.3. The highest BCUT2D eigenvalue weighted by Crippen LogP contribution is 2.40. The number of hydrogen-bond donors (Lipinski definition) is 1. The molecule has 11 heteroatoms. The minimum atomic E-state index is -4.54. The van der Waals surface area contributed by atoms with Gasteiger partial charge in [0.25, 0.3) is 0 Å². The Bertz CT molecular complexity index is 1210. The van der Waals surface area contributed by atoms with E-state index >= 15 is 0 Å². The van der Waals surface area contributed by atoms with Crippen LogP contribution in [0.4, 0.5) is 18.9 Å². The maximum atomic E-state index is 13.4. The highest BCUT2D eigenvalue weighted by Gasteiger charge is 2.41. The lowest BCUT2D eigenvalue weighted by Crippen LogP contribution is -2.45. The number of halogens is 4. The van der Waals surface area contributed by atoms with Gasteiger partial charge in [0.15, 0.2) is 0 Å². The SMILES string of the molecule is CC(=O)N1CCc2cc(Br)c(S(=O)(=O)N3CCC(O)(c4cccc(C(F)(F)F)c4)CC3)cc21. The van der Waals surface area contributed by atoms with E-state index in [1.54, 1.807) is 6.07 Å². The van der Waals surface area contributed by atoms with Crippen molar-refractivity contribution in [1.82, 2.24) is 4.31 Å². The summed E-state index contributed by atoms with van der Waals surface area (Å²) in [5.74, 6) is -0.177. The molecule has 0 atom stereocenters. The molecule has 2 heterocycles. The summed E-state index contributed by atoms with van der Waals surface area (Å²) in [5, 5.41) is 11.0.